The molecule has 21 heavy (non-hydrogen) atoms. The van der Waals surface area contributed by atoms with E-state index in [0.29, 0.717) is 15.6 Å². The monoisotopic (exact) mass is 345 g/mol. The van der Waals surface area contributed by atoms with Gasteiger partial charge >= 0.3 is 6.03 Å². The number of benzene rings is 1. The summed E-state index contributed by atoms with van der Waals surface area (Å²) in [5.74, 6) is 0. The van der Waals surface area contributed by atoms with Gasteiger partial charge in [-0.3, -0.25) is 0 Å². The number of sulfonamides is 1. The van der Waals surface area contributed by atoms with E-state index in [4.69, 9.17) is 16.7 Å². The van der Waals surface area contributed by atoms with Crippen molar-refractivity contribution in [2.24, 2.45) is 5.14 Å². The van der Waals surface area contributed by atoms with E-state index >= 15 is 0 Å². The molecule has 0 saturated carbocycles. The lowest BCUT2D eigenvalue weighted by Gasteiger charge is -2.07. The second-order valence-electron chi connectivity index (χ2n) is 4.05. The van der Waals surface area contributed by atoms with Gasteiger partial charge in [0.2, 0.25) is 10.0 Å². The molecule has 0 aliphatic carbocycles. The molecule has 0 unspecified atom stereocenters. The third-order valence-corrected chi connectivity index (χ3v) is 5.32. The van der Waals surface area contributed by atoms with Gasteiger partial charge in [0.25, 0.3) is 0 Å². The smallest absolute Gasteiger partial charge is 0.319 e. The van der Waals surface area contributed by atoms with Crippen molar-refractivity contribution in [2.75, 3.05) is 5.32 Å². The third kappa shape index (κ3) is 4.43. The van der Waals surface area contributed by atoms with Crippen molar-refractivity contribution in [1.82, 2.24) is 5.32 Å². The zero-order valence-electron chi connectivity index (χ0n) is 10.7. The van der Waals surface area contributed by atoms with E-state index in [9.17, 15) is 13.2 Å². The van der Waals surface area contributed by atoms with Gasteiger partial charge in [0.1, 0.15) is 4.21 Å². The van der Waals surface area contributed by atoms with Crippen molar-refractivity contribution in [3.05, 3.63) is 46.3 Å². The topological polar surface area (TPSA) is 101 Å². The number of nitrogens with two attached hydrogens (primary N) is 1. The molecule has 1 aromatic carbocycles. The van der Waals surface area contributed by atoms with Gasteiger partial charge in [-0.05, 0) is 24.3 Å². The Morgan fingerprint density at radius 1 is 1.24 bits per heavy atom. The molecule has 4 N–H and O–H groups in total. The summed E-state index contributed by atoms with van der Waals surface area (Å²) >= 11 is 6.93. The van der Waals surface area contributed by atoms with E-state index in [1.807, 2.05) is 0 Å². The molecule has 1 heterocycles. The summed E-state index contributed by atoms with van der Waals surface area (Å²) in [5.41, 5.74) is 0.494. The molecule has 2 amide bonds. The molecule has 0 bridgehead atoms. The number of primary sulfonamides is 1. The third-order valence-electron chi connectivity index (χ3n) is 2.46. The van der Waals surface area contributed by atoms with Crippen molar-refractivity contribution >= 4 is 44.7 Å². The van der Waals surface area contributed by atoms with Gasteiger partial charge in [-0.1, -0.05) is 23.7 Å². The molecule has 112 valence electrons. The Kier molecular flexibility index (Phi) is 4.84. The fourth-order valence-corrected chi connectivity index (χ4v) is 3.40. The summed E-state index contributed by atoms with van der Waals surface area (Å²) in [6.45, 7) is 0.191. The van der Waals surface area contributed by atoms with Crippen LogP contribution < -0.4 is 15.8 Å². The van der Waals surface area contributed by atoms with E-state index in [0.717, 1.165) is 11.3 Å². The zero-order valence-corrected chi connectivity index (χ0v) is 13.1. The number of carbonyl (C=O) groups is 1. The van der Waals surface area contributed by atoms with Crippen LogP contribution in [-0.4, -0.2) is 14.4 Å². The molecule has 0 radical (unpaired) electrons. The first kappa shape index (κ1) is 15.8. The summed E-state index contributed by atoms with van der Waals surface area (Å²) in [7, 11) is -3.70. The lowest BCUT2D eigenvalue weighted by Crippen LogP contribution is -2.27. The van der Waals surface area contributed by atoms with E-state index in [-0.39, 0.29) is 10.8 Å². The van der Waals surface area contributed by atoms with Crippen molar-refractivity contribution in [2.45, 2.75) is 10.8 Å². The van der Waals surface area contributed by atoms with Gasteiger partial charge < -0.3 is 10.6 Å². The Labute approximate surface area is 131 Å². The second-order valence-corrected chi connectivity index (χ2v) is 7.42. The van der Waals surface area contributed by atoms with Crippen LogP contribution in [0.15, 0.2) is 40.6 Å². The summed E-state index contributed by atoms with van der Waals surface area (Å²) in [6, 6.07) is 9.41. The highest BCUT2D eigenvalue weighted by atomic mass is 35.5. The van der Waals surface area contributed by atoms with Crippen LogP contribution >= 0.6 is 22.9 Å². The first-order chi connectivity index (χ1) is 9.86. The minimum Gasteiger partial charge on any atom is -0.333 e. The van der Waals surface area contributed by atoms with E-state index < -0.39 is 16.1 Å². The molecule has 9 heteroatoms. The van der Waals surface area contributed by atoms with Crippen LogP contribution in [0.5, 0.6) is 0 Å². The minimum atomic E-state index is -3.70. The normalized spacial score (nSPS) is 11.1. The summed E-state index contributed by atoms with van der Waals surface area (Å²) in [5, 5.41) is 10.6. The number of anilines is 1. The van der Waals surface area contributed by atoms with Crippen LogP contribution in [0.4, 0.5) is 10.5 Å². The van der Waals surface area contributed by atoms with Gasteiger partial charge in [-0.2, -0.15) is 0 Å². The molecule has 0 spiro atoms. The van der Waals surface area contributed by atoms with Gasteiger partial charge in [0.15, 0.2) is 0 Å². The highest BCUT2D eigenvalue weighted by Gasteiger charge is 2.11. The fraction of sp³-hybridized carbons (Fsp3) is 0.0833. The number of hydrogen-bond acceptors (Lipinski definition) is 4. The average Bonchev–Trinajstić information content (AvgIpc) is 2.88. The van der Waals surface area contributed by atoms with Crippen LogP contribution in [-0.2, 0) is 16.6 Å². The van der Waals surface area contributed by atoms with Crippen LogP contribution in [0.25, 0.3) is 0 Å². The average molecular weight is 346 g/mol. The molecular formula is C12H12ClN3O3S2. The predicted molar refractivity (Wildman–Crippen MR) is 83.0 cm³/mol. The van der Waals surface area contributed by atoms with Crippen molar-refractivity contribution in [3.8, 4) is 0 Å². The number of hydrogen-bond donors (Lipinski definition) is 3. The van der Waals surface area contributed by atoms with Crippen molar-refractivity contribution in [3.63, 3.8) is 0 Å². The van der Waals surface area contributed by atoms with Crippen LogP contribution in [0.2, 0.25) is 5.02 Å². The highest BCUT2D eigenvalue weighted by Crippen LogP contribution is 2.21. The quantitative estimate of drug-likeness (QED) is 0.792. The molecule has 1 aromatic heterocycles. The maximum atomic E-state index is 11.7. The summed E-state index contributed by atoms with van der Waals surface area (Å²) in [4.78, 5) is 12.4. The zero-order chi connectivity index (χ0) is 15.5. The van der Waals surface area contributed by atoms with Crippen LogP contribution in [0.1, 0.15) is 4.88 Å². The number of thiophene rings is 1. The lowest BCUT2D eigenvalue weighted by molar-refractivity contribution is 0.252. The Bertz CT molecular complexity index is 759. The molecule has 2 aromatic rings. The lowest BCUT2D eigenvalue weighted by atomic mass is 10.3. The number of nitrogens with one attached hydrogen (secondary N) is 2. The summed E-state index contributed by atoms with van der Waals surface area (Å²) in [6.07, 6.45) is 0. The summed E-state index contributed by atoms with van der Waals surface area (Å²) < 4.78 is 22.3. The van der Waals surface area contributed by atoms with Crippen molar-refractivity contribution < 1.29 is 13.2 Å². The van der Waals surface area contributed by atoms with Gasteiger partial charge in [-0.15, -0.1) is 11.3 Å². The molecule has 0 saturated heterocycles. The van der Waals surface area contributed by atoms with Gasteiger partial charge in [0.05, 0.1) is 17.3 Å². The van der Waals surface area contributed by atoms with E-state index in [1.54, 1.807) is 30.3 Å². The number of amides is 2. The maximum Gasteiger partial charge on any atom is 0.319 e. The molecule has 0 fully saturated rings. The molecule has 0 aliphatic heterocycles. The Morgan fingerprint density at radius 2 is 1.95 bits per heavy atom. The first-order valence-electron chi connectivity index (χ1n) is 5.77. The Morgan fingerprint density at radius 3 is 2.57 bits per heavy atom. The molecular weight excluding hydrogens is 334 g/mol. The van der Waals surface area contributed by atoms with E-state index in [2.05, 4.69) is 10.6 Å². The standard InChI is InChI=1S/C12H12ClN3O3S2/c13-9-3-1-2-4-10(9)16-12(17)15-7-8-5-6-11(20-8)21(14,18)19/h1-6H,7H2,(H2,14,18,19)(H2,15,16,17). The van der Waals surface area contributed by atoms with Gasteiger partial charge in [-0.25, -0.2) is 18.4 Å². The Balaban J connectivity index is 1.93. The van der Waals surface area contributed by atoms with Crippen LogP contribution in [0.3, 0.4) is 0 Å². The number of halogens is 1. The molecule has 0 atom stereocenters. The number of urea groups is 1. The van der Waals surface area contributed by atoms with Gasteiger partial charge in [0, 0.05) is 4.88 Å². The number of rotatable bonds is 4. The molecule has 6 nitrogen and oxygen atoms in total. The van der Waals surface area contributed by atoms with Crippen molar-refractivity contribution in [1.29, 1.82) is 0 Å². The second kappa shape index (κ2) is 6.44. The maximum absolute atomic E-state index is 11.7. The molecule has 2 rings (SSSR count). The minimum absolute atomic E-state index is 0.0609. The SMILES string of the molecule is NS(=O)(=O)c1ccc(CNC(=O)Nc2ccccc2Cl)s1. The van der Waals surface area contributed by atoms with Crippen LogP contribution in [0, 0.1) is 0 Å². The fourth-order valence-electron chi connectivity index (χ4n) is 1.50. The Hall–Kier alpha value is -1.61. The highest BCUT2D eigenvalue weighted by molar-refractivity contribution is 7.91. The number of carbonyl (C=O) groups excluding carboxylic acids is 1. The van der Waals surface area contributed by atoms with E-state index in [1.165, 1.54) is 6.07 Å². The first-order valence-corrected chi connectivity index (χ1v) is 8.51. The molecule has 0 aliphatic rings. The predicted octanol–water partition coefficient (Wildman–Crippen LogP) is 2.37. The largest absolute Gasteiger partial charge is 0.333 e. The number of para-hydroxylation sites is 1.